The van der Waals surface area contributed by atoms with Gasteiger partial charge in [-0.2, -0.15) is 5.10 Å². The lowest BCUT2D eigenvalue weighted by Gasteiger charge is -2.46. The smallest absolute Gasteiger partial charge is 0.274 e. The van der Waals surface area contributed by atoms with Crippen LogP contribution in [0.4, 0.5) is 11.4 Å². The number of sulfone groups is 1. The molecule has 2 amide bonds. The second kappa shape index (κ2) is 5.76. The first-order valence-electron chi connectivity index (χ1n) is 9.28. The van der Waals surface area contributed by atoms with Crippen LogP contribution in [-0.2, 0) is 19.4 Å². The fraction of sp³-hybridized carbons (Fsp3) is 0.368. The molecule has 1 saturated carbocycles. The SMILES string of the molecule is CN1C=C(c2cc(S(C)(=O)=O)cc3c2NC2(CCC2)C(=O)N3)C2C=NN=C2C1=O. The molecule has 1 aromatic carbocycles. The molecule has 1 spiro atoms. The van der Waals surface area contributed by atoms with E-state index in [9.17, 15) is 18.0 Å². The first kappa shape index (κ1) is 18.0. The van der Waals surface area contributed by atoms with E-state index in [4.69, 9.17) is 0 Å². The van der Waals surface area contributed by atoms with Crippen LogP contribution >= 0.6 is 0 Å². The highest BCUT2D eigenvalue weighted by Gasteiger charge is 2.48. The predicted molar refractivity (Wildman–Crippen MR) is 109 cm³/mol. The molecular weight excluding hydrogens is 394 g/mol. The zero-order valence-corrected chi connectivity index (χ0v) is 16.7. The maximum atomic E-state index is 12.7. The number of fused-ring (bicyclic) bond motifs is 2. The minimum absolute atomic E-state index is 0.0896. The van der Waals surface area contributed by atoms with Crippen molar-refractivity contribution in [1.29, 1.82) is 0 Å². The Bertz CT molecular complexity index is 1180. The van der Waals surface area contributed by atoms with Crippen molar-refractivity contribution >= 4 is 50.5 Å². The Balaban J connectivity index is 1.74. The summed E-state index contributed by atoms with van der Waals surface area (Å²) in [6.45, 7) is 0. The maximum absolute atomic E-state index is 12.7. The standard InChI is InChI=1S/C19H19N5O4S/c1-24-9-13(12-8-20-23-16(12)17(24)25)11-6-10(29(2,27)28)7-14-15(11)22-19(4-3-5-19)18(26)21-14/h6-9,12,22H,3-5H2,1-2H3,(H,21,26). The van der Waals surface area contributed by atoms with Crippen LogP contribution in [0.25, 0.3) is 5.57 Å². The van der Waals surface area contributed by atoms with Crippen molar-refractivity contribution in [2.24, 2.45) is 16.1 Å². The normalized spacial score (nSPS) is 24.2. The number of nitrogens with zero attached hydrogens (tertiary/aromatic N) is 3. The molecule has 0 radical (unpaired) electrons. The first-order valence-corrected chi connectivity index (χ1v) is 11.2. The molecule has 2 N–H and O–H groups in total. The lowest BCUT2D eigenvalue weighted by Crippen LogP contribution is -2.57. The van der Waals surface area contributed by atoms with E-state index in [0.29, 0.717) is 41.1 Å². The monoisotopic (exact) mass is 413 g/mol. The van der Waals surface area contributed by atoms with E-state index in [1.54, 1.807) is 25.5 Å². The number of hydrogen-bond donors (Lipinski definition) is 2. The minimum atomic E-state index is -3.53. The number of hydrogen-bond acceptors (Lipinski definition) is 7. The summed E-state index contributed by atoms with van der Waals surface area (Å²) in [5.41, 5.74) is 2.00. The average molecular weight is 413 g/mol. The van der Waals surface area contributed by atoms with Gasteiger partial charge in [0.05, 0.1) is 22.2 Å². The van der Waals surface area contributed by atoms with Crippen LogP contribution in [0.15, 0.2) is 33.4 Å². The highest BCUT2D eigenvalue weighted by Crippen LogP contribution is 2.47. The number of allylic oxidation sites excluding steroid dienone is 1. The van der Waals surface area contributed by atoms with E-state index in [2.05, 4.69) is 20.8 Å². The largest absolute Gasteiger partial charge is 0.369 e. The quantitative estimate of drug-likeness (QED) is 0.756. The van der Waals surface area contributed by atoms with Gasteiger partial charge in [-0.1, -0.05) is 0 Å². The highest BCUT2D eigenvalue weighted by atomic mass is 32.2. The summed E-state index contributed by atoms with van der Waals surface area (Å²) in [7, 11) is -1.91. The average Bonchev–Trinajstić information content (AvgIpc) is 3.11. The molecule has 5 rings (SSSR count). The van der Waals surface area contributed by atoms with E-state index in [-0.39, 0.29) is 16.7 Å². The fourth-order valence-corrected chi connectivity index (χ4v) is 4.84. The van der Waals surface area contributed by atoms with Gasteiger partial charge in [-0.05, 0) is 37.0 Å². The number of carbonyl (C=O) groups is 2. The van der Waals surface area contributed by atoms with Gasteiger partial charge in [-0.15, -0.1) is 5.10 Å². The summed E-state index contributed by atoms with van der Waals surface area (Å²) >= 11 is 0. The summed E-state index contributed by atoms with van der Waals surface area (Å²) in [5, 5.41) is 14.1. The summed E-state index contributed by atoms with van der Waals surface area (Å²) in [4.78, 5) is 26.6. The molecule has 1 atom stereocenters. The Hall–Kier alpha value is -3.01. The Morgan fingerprint density at radius 3 is 2.66 bits per heavy atom. The lowest BCUT2D eigenvalue weighted by atomic mass is 9.74. The molecule has 1 aromatic rings. The highest BCUT2D eigenvalue weighted by molar-refractivity contribution is 7.90. The van der Waals surface area contributed by atoms with Crippen LogP contribution in [0.3, 0.4) is 0 Å². The molecular formula is C19H19N5O4S. The molecule has 3 aliphatic heterocycles. The molecule has 0 aromatic heterocycles. The maximum Gasteiger partial charge on any atom is 0.274 e. The Labute approximate surface area is 167 Å². The van der Waals surface area contributed by atoms with Crippen molar-refractivity contribution in [3.8, 4) is 0 Å². The number of anilines is 2. The second-order valence-electron chi connectivity index (χ2n) is 7.91. The van der Waals surface area contributed by atoms with Crippen molar-refractivity contribution in [3.63, 3.8) is 0 Å². The van der Waals surface area contributed by atoms with E-state index in [1.165, 1.54) is 11.0 Å². The molecule has 1 unspecified atom stereocenters. The first-order chi connectivity index (χ1) is 13.7. The summed E-state index contributed by atoms with van der Waals surface area (Å²) in [6.07, 6.45) is 6.74. The molecule has 3 heterocycles. The number of carbonyl (C=O) groups excluding carboxylic acids is 2. The molecule has 0 saturated heterocycles. The zero-order chi connectivity index (χ0) is 20.6. The molecule has 1 fully saturated rings. The van der Waals surface area contributed by atoms with E-state index < -0.39 is 21.3 Å². The van der Waals surface area contributed by atoms with Crippen LogP contribution in [0, 0.1) is 5.92 Å². The van der Waals surface area contributed by atoms with Crippen LogP contribution < -0.4 is 10.6 Å². The number of amides is 2. The van der Waals surface area contributed by atoms with Gasteiger partial charge < -0.3 is 15.5 Å². The van der Waals surface area contributed by atoms with Gasteiger partial charge in [0.15, 0.2) is 9.84 Å². The number of benzene rings is 1. The Morgan fingerprint density at radius 1 is 1.24 bits per heavy atom. The molecule has 4 aliphatic rings. The van der Waals surface area contributed by atoms with Crippen LogP contribution in [0.5, 0.6) is 0 Å². The number of nitrogens with one attached hydrogen (secondary N) is 2. The van der Waals surface area contributed by atoms with E-state index >= 15 is 0 Å². The molecule has 10 heteroatoms. The molecule has 0 bridgehead atoms. The Morgan fingerprint density at radius 2 is 2.00 bits per heavy atom. The molecule has 9 nitrogen and oxygen atoms in total. The van der Waals surface area contributed by atoms with Crippen molar-refractivity contribution < 1.29 is 18.0 Å². The third-order valence-electron chi connectivity index (χ3n) is 5.99. The molecule has 1 aliphatic carbocycles. The van der Waals surface area contributed by atoms with Gasteiger partial charge in [0.2, 0.25) is 5.91 Å². The van der Waals surface area contributed by atoms with Crippen molar-refractivity contribution in [2.45, 2.75) is 29.7 Å². The topological polar surface area (TPSA) is 120 Å². The zero-order valence-electron chi connectivity index (χ0n) is 15.9. The van der Waals surface area contributed by atoms with Gasteiger partial charge in [0.25, 0.3) is 5.91 Å². The van der Waals surface area contributed by atoms with Gasteiger partial charge in [0.1, 0.15) is 11.3 Å². The van der Waals surface area contributed by atoms with Crippen LogP contribution in [-0.4, -0.2) is 55.9 Å². The van der Waals surface area contributed by atoms with Gasteiger partial charge in [-0.25, -0.2) is 8.42 Å². The van der Waals surface area contributed by atoms with Gasteiger partial charge in [0, 0.05) is 31.3 Å². The van der Waals surface area contributed by atoms with Gasteiger partial charge >= 0.3 is 0 Å². The van der Waals surface area contributed by atoms with E-state index in [0.717, 1.165) is 12.7 Å². The fourth-order valence-electron chi connectivity index (χ4n) is 4.17. The lowest BCUT2D eigenvalue weighted by molar-refractivity contribution is -0.123. The van der Waals surface area contributed by atoms with Crippen molar-refractivity contribution in [3.05, 3.63) is 23.9 Å². The molecule has 150 valence electrons. The van der Waals surface area contributed by atoms with E-state index in [1.807, 2.05) is 0 Å². The summed E-state index contributed by atoms with van der Waals surface area (Å²) in [6, 6.07) is 3.06. The Kier molecular flexibility index (Phi) is 3.58. The van der Waals surface area contributed by atoms with Crippen molar-refractivity contribution in [2.75, 3.05) is 23.9 Å². The third-order valence-corrected chi connectivity index (χ3v) is 7.08. The molecule has 29 heavy (non-hydrogen) atoms. The minimum Gasteiger partial charge on any atom is -0.369 e. The van der Waals surface area contributed by atoms with Crippen LogP contribution in [0.1, 0.15) is 24.8 Å². The van der Waals surface area contributed by atoms with Crippen LogP contribution in [0.2, 0.25) is 0 Å². The van der Waals surface area contributed by atoms with Gasteiger partial charge in [-0.3, -0.25) is 9.59 Å². The summed E-state index contributed by atoms with van der Waals surface area (Å²) < 4.78 is 24.6. The predicted octanol–water partition coefficient (Wildman–Crippen LogP) is 1.25. The third kappa shape index (κ3) is 2.55. The summed E-state index contributed by atoms with van der Waals surface area (Å²) in [5.74, 6) is -0.863. The second-order valence-corrected chi connectivity index (χ2v) is 9.92. The van der Waals surface area contributed by atoms with Crippen molar-refractivity contribution in [1.82, 2.24) is 4.90 Å². The number of rotatable bonds is 2.